The number of rotatable bonds is 1. The molecule has 0 saturated heterocycles. The maximum Gasteiger partial charge on any atom is 1.00 e. The largest absolute Gasteiger partial charge is 1.00 e. The van der Waals surface area contributed by atoms with Gasteiger partial charge in [0.15, 0.2) is 0 Å². The molecule has 8 heavy (non-hydrogen) atoms. The summed E-state index contributed by atoms with van der Waals surface area (Å²) in [5.74, 6) is 0.604. The van der Waals surface area contributed by atoms with E-state index in [1.165, 1.54) is 0 Å². The first kappa shape index (κ1) is 16.0. The van der Waals surface area contributed by atoms with Crippen LogP contribution in [0.3, 0.4) is 0 Å². The van der Waals surface area contributed by atoms with Gasteiger partial charge in [-0.15, -0.1) is 0 Å². The predicted octanol–water partition coefficient (Wildman–Crippen LogP) is -5.46. The molecule has 0 heterocycles. The summed E-state index contributed by atoms with van der Waals surface area (Å²) >= 11 is 0. The topological polar surface area (TPSA) is 57.5 Å². The predicted molar refractivity (Wildman–Crippen MR) is 24.5 cm³/mol. The first-order chi connectivity index (χ1) is 2.56. The van der Waals surface area contributed by atoms with Gasteiger partial charge in [-0.1, -0.05) is 6.58 Å². The van der Waals surface area contributed by atoms with Crippen molar-refractivity contribution in [3.63, 3.8) is 0 Å². The Morgan fingerprint density at radius 1 is 1.50 bits per heavy atom. The smallest absolute Gasteiger partial charge is 1.00 e. The fourth-order valence-electron chi connectivity index (χ4n) is 0. The van der Waals surface area contributed by atoms with Gasteiger partial charge in [-0.3, -0.25) is 4.57 Å². The average Bonchev–Trinajstić information content (AvgIpc) is 1.35. The molecule has 0 amide bonds. The van der Waals surface area contributed by atoms with Crippen LogP contribution in [0.5, 0.6) is 0 Å². The van der Waals surface area contributed by atoms with Gasteiger partial charge in [-0.05, 0) is 0 Å². The molecule has 0 rings (SSSR count). The van der Waals surface area contributed by atoms with Crippen molar-refractivity contribution in [2.75, 3.05) is 0 Å². The molecule has 3 nitrogen and oxygen atoms in total. The number of hydrogen-bond donors (Lipinski definition) is 2. The molecule has 0 aromatic carbocycles. The Labute approximate surface area is 75.0 Å². The molecular formula is C2H7Li2O3P. The van der Waals surface area contributed by atoms with Crippen LogP contribution in [0.1, 0.15) is 2.85 Å². The summed E-state index contributed by atoms with van der Waals surface area (Å²) in [4.78, 5) is 15.6. The second-order valence-corrected chi connectivity index (χ2v) is 2.31. The van der Waals surface area contributed by atoms with E-state index in [1.807, 2.05) is 0 Å². The first-order valence-electron chi connectivity index (χ1n) is 1.25. The third-order valence-electron chi connectivity index (χ3n) is 0.238. The molecule has 0 aliphatic carbocycles. The van der Waals surface area contributed by atoms with Crippen molar-refractivity contribution in [1.29, 1.82) is 0 Å². The molecule has 0 aliphatic heterocycles. The van der Waals surface area contributed by atoms with Crippen LogP contribution < -0.4 is 37.7 Å². The summed E-state index contributed by atoms with van der Waals surface area (Å²) in [6.07, 6.45) is 0. The van der Waals surface area contributed by atoms with Crippen molar-refractivity contribution in [3.05, 3.63) is 12.4 Å². The summed E-state index contributed by atoms with van der Waals surface area (Å²) in [5.41, 5.74) is 0. The maximum atomic E-state index is 9.58. The van der Waals surface area contributed by atoms with Gasteiger partial charge in [-0.2, -0.15) is 0 Å². The molecule has 40 valence electrons. The van der Waals surface area contributed by atoms with Gasteiger partial charge in [0.25, 0.3) is 0 Å². The maximum absolute atomic E-state index is 9.58. The van der Waals surface area contributed by atoms with E-state index >= 15 is 0 Å². The molecule has 0 saturated carbocycles. The van der Waals surface area contributed by atoms with E-state index < -0.39 is 7.60 Å². The van der Waals surface area contributed by atoms with Crippen molar-refractivity contribution in [3.8, 4) is 0 Å². The minimum Gasteiger partial charge on any atom is -1.00 e. The fraction of sp³-hybridized carbons (Fsp3) is 0. The standard InChI is InChI=1S/C2H5O3P.2Li.2H/c1-2-6(3,4)5;;;;/h2H,1H2,(H2,3,4,5);;;;/q;2*+1;2*-1. The molecule has 0 aliphatic rings. The van der Waals surface area contributed by atoms with E-state index in [0.29, 0.717) is 5.82 Å². The molecule has 0 spiro atoms. The molecule has 0 bridgehead atoms. The zero-order valence-corrected chi connectivity index (χ0v) is 5.93. The summed E-state index contributed by atoms with van der Waals surface area (Å²) < 4.78 is 9.58. The summed E-state index contributed by atoms with van der Waals surface area (Å²) in [5, 5.41) is 0. The van der Waals surface area contributed by atoms with Crippen LogP contribution in [0.25, 0.3) is 0 Å². The quantitative estimate of drug-likeness (QED) is 0.271. The van der Waals surface area contributed by atoms with Crippen molar-refractivity contribution in [1.82, 2.24) is 0 Å². The molecule has 0 unspecified atom stereocenters. The van der Waals surface area contributed by atoms with Gasteiger partial charge in [0.1, 0.15) is 0 Å². The van der Waals surface area contributed by atoms with Crippen LogP contribution in [0.2, 0.25) is 0 Å². The number of hydrogen-bond acceptors (Lipinski definition) is 1. The summed E-state index contributed by atoms with van der Waals surface area (Å²) in [6.45, 7) is 2.87. The van der Waals surface area contributed by atoms with Crippen molar-refractivity contribution >= 4 is 7.60 Å². The zero-order valence-electron chi connectivity index (χ0n) is 7.03. The zero-order chi connectivity index (χ0) is 5.21. The monoisotopic (exact) mass is 124 g/mol. The molecule has 0 fully saturated rings. The normalized spacial score (nSPS) is 8.25. The van der Waals surface area contributed by atoms with Gasteiger partial charge in [0.05, 0.1) is 0 Å². The van der Waals surface area contributed by atoms with Crippen LogP contribution >= 0.6 is 7.60 Å². The van der Waals surface area contributed by atoms with E-state index in [9.17, 15) is 4.57 Å². The third kappa shape index (κ3) is 15.7. The fourth-order valence-corrected chi connectivity index (χ4v) is 0. The molecule has 6 heteroatoms. The second kappa shape index (κ2) is 6.21. The molecule has 0 radical (unpaired) electrons. The van der Waals surface area contributed by atoms with E-state index in [1.54, 1.807) is 0 Å². The van der Waals surface area contributed by atoms with E-state index in [4.69, 9.17) is 9.79 Å². The first-order valence-corrected chi connectivity index (χ1v) is 2.93. The Hall–Kier alpha value is 1.08. The molecular weight excluding hydrogens is 117 g/mol. The Kier molecular flexibility index (Phi) is 12.4. The summed E-state index contributed by atoms with van der Waals surface area (Å²) in [6, 6.07) is 0. The third-order valence-corrected chi connectivity index (χ3v) is 0.714. The molecule has 2 N–H and O–H groups in total. The minimum absolute atomic E-state index is 0. The van der Waals surface area contributed by atoms with Gasteiger partial charge in [0, 0.05) is 5.82 Å². The van der Waals surface area contributed by atoms with Crippen LogP contribution in [-0.4, -0.2) is 9.79 Å². The van der Waals surface area contributed by atoms with Gasteiger partial charge in [0.2, 0.25) is 0 Å². The van der Waals surface area contributed by atoms with Crippen LogP contribution in [0.4, 0.5) is 0 Å². The summed E-state index contributed by atoms with van der Waals surface area (Å²) in [7, 11) is -3.88. The Bertz CT molecular complexity index is 105. The SMILES string of the molecule is C=CP(=O)(O)O.[H-].[H-].[Li+].[Li+]. The van der Waals surface area contributed by atoms with E-state index in [-0.39, 0.29) is 40.6 Å². The van der Waals surface area contributed by atoms with Crippen molar-refractivity contribution < 1.29 is 54.9 Å². The average molecular weight is 124 g/mol. The molecule has 0 atom stereocenters. The van der Waals surface area contributed by atoms with Gasteiger partial charge < -0.3 is 12.6 Å². The van der Waals surface area contributed by atoms with Gasteiger partial charge >= 0.3 is 45.3 Å². The second-order valence-electron chi connectivity index (χ2n) is 0.772. The van der Waals surface area contributed by atoms with Crippen molar-refractivity contribution in [2.24, 2.45) is 0 Å². The Balaban J connectivity index is -0.0000000208. The van der Waals surface area contributed by atoms with Crippen LogP contribution in [-0.2, 0) is 4.57 Å². The van der Waals surface area contributed by atoms with Gasteiger partial charge in [-0.25, -0.2) is 0 Å². The Morgan fingerprint density at radius 3 is 1.62 bits per heavy atom. The minimum atomic E-state index is -3.88. The molecule has 0 aromatic heterocycles. The molecule has 0 aromatic rings. The Morgan fingerprint density at radius 2 is 1.62 bits per heavy atom. The van der Waals surface area contributed by atoms with Crippen molar-refractivity contribution in [2.45, 2.75) is 0 Å². The van der Waals surface area contributed by atoms with Crippen LogP contribution in [0.15, 0.2) is 12.4 Å². The van der Waals surface area contributed by atoms with E-state index in [2.05, 4.69) is 6.58 Å². The van der Waals surface area contributed by atoms with E-state index in [0.717, 1.165) is 0 Å². The van der Waals surface area contributed by atoms with Crippen LogP contribution in [0, 0.1) is 0 Å².